The number of carbonyl (C=O) groups excluding carboxylic acids is 1. The Bertz CT molecular complexity index is 1060. The Hall–Kier alpha value is -3.36. The number of hydrogen-bond donors (Lipinski definition) is 0. The molecule has 0 fully saturated rings. The fourth-order valence-electron chi connectivity index (χ4n) is 3.49. The molecule has 1 heterocycles. The highest BCUT2D eigenvalue weighted by Crippen LogP contribution is 2.51. The minimum absolute atomic E-state index is 0.461. The van der Waals surface area contributed by atoms with Gasteiger partial charge < -0.3 is 4.74 Å². The first-order valence-electron chi connectivity index (χ1n) is 9.15. The van der Waals surface area contributed by atoms with Crippen LogP contribution in [0.4, 0.5) is 0 Å². The summed E-state index contributed by atoms with van der Waals surface area (Å²) in [5.41, 5.74) is 1.78. The average molecular weight is 398 g/mol. The zero-order valence-corrected chi connectivity index (χ0v) is 16.6. The molecule has 0 amide bonds. The van der Waals surface area contributed by atoms with Crippen molar-refractivity contribution < 1.29 is 9.53 Å². The molecule has 2 atom stereocenters. The second-order valence-electron chi connectivity index (χ2n) is 6.59. The number of esters is 1. The predicted octanol–water partition coefficient (Wildman–Crippen LogP) is 4.59. The topological polar surface area (TPSA) is 62.5 Å². The molecular formula is C24H18N2O2S. The summed E-state index contributed by atoms with van der Waals surface area (Å²) >= 11 is 1.33. The smallest absolute Gasteiger partial charge is 0.323 e. The van der Waals surface area contributed by atoms with E-state index in [0.29, 0.717) is 5.71 Å². The third-order valence-corrected chi connectivity index (χ3v) is 6.27. The summed E-state index contributed by atoms with van der Waals surface area (Å²) in [4.78, 5) is 18.5. The van der Waals surface area contributed by atoms with Gasteiger partial charge in [0.1, 0.15) is 5.25 Å². The molecule has 0 aromatic heterocycles. The zero-order chi connectivity index (χ0) is 20.3. The van der Waals surface area contributed by atoms with E-state index in [1.165, 1.54) is 18.9 Å². The number of rotatable bonds is 4. The molecule has 0 spiro atoms. The summed E-state index contributed by atoms with van der Waals surface area (Å²) in [6.07, 6.45) is 0. The lowest BCUT2D eigenvalue weighted by Crippen LogP contribution is -2.38. The van der Waals surface area contributed by atoms with Gasteiger partial charge in [-0.2, -0.15) is 5.26 Å². The van der Waals surface area contributed by atoms with E-state index in [4.69, 9.17) is 9.73 Å². The van der Waals surface area contributed by atoms with Crippen molar-refractivity contribution in [3.05, 3.63) is 102 Å². The lowest BCUT2D eigenvalue weighted by atomic mass is 9.87. The molecule has 1 aliphatic heterocycles. The highest BCUT2D eigenvalue weighted by Gasteiger charge is 2.53. The number of methoxy groups -OCH3 is 1. The van der Waals surface area contributed by atoms with Crippen molar-refractivity contribution in [1.29, 1.82) is 5.26 Å². The van der Waals surface area contributed by atoms with Gasteiger partial charge in [0.25, 0.3) is 0 Å². The first kappa shape index (κ1) is 19.0. The van der Waals surface area contributed by atoms with Gasteiger partial charge >= 0.3 is 5.97 Å². The Morgan fingerprint density at radius 1 is 0.966 bits per heavy atom. The van der Waals surface area contributed by atoms with Crippen molar-refractivity contribution in [2.24, 2.45) is 4.99 Å². The number of aliphatic imine (C=N–C) groups is 1. The Labute approximate surface area is 173 Å². The SMILES string of the molecule is COC(=O)[C@@H]1Sc2ccccc2[C@@]1(C#N)N=C(c1ccccc1)c1ccccc1. The fraction of sp³-hybridized carbons (Fsp3) is 0.125. The Morgan fingerprint density at radius 2 is 1.52 bits per heavy atom. The number of nitriles is 1. The summed E-state index contributed by atoms with van der Waals surface area (Å²) in [5, 5.41) is 9.56. The number of hydrogen-bond acceptors (Lipinski definition) is 5. The Kier molecular flexibility index (Phi) is 5.20. The van der Waals surface area contributed by atoms with Crippen molar-refractivity contribution in [3.63, 3.8) is 0 Å². The molecule has 0 unspecified atom stereocenters. The van der Waals surface area contributed by atoms with Crippen LogP contribution in [-0.4, -0.2) is 24.0 Å². The molecule has 3 aromatic rings. The third kappa shape index (κ3) is 3.32. The second kappa shape index (κ2) is 7.94. The second-order valence-corrected chi connectivity index (χ2v) is 7.73. The Morgan fingerprint density at radius 3 is 2.07 bits per heavy atom. The quantitative estimate of drug-likeness (QED) is 0.476. The van der Waals surface area contributed by atoms with Crippen molar-refractivity contribution in [1.82, 2.24) is 0 Å². The molecule has 0 radical (unpaired) electrons. The molecule has 0 saturated carbocycles. The molecule has 29 heavy (non-hydrogen) atoms. The number of fused-ring (bicyclic) bond motifs is 1. The maximum Gasteiger partial charge on any atom is 0.323 e. The van der Waals surface area contributed by atoms with E-state index in [1.807, 2.05) is 84.9 Å². The van der Waals surface area contributed by atoms with E-state index in [2.05, 4.69) is 6.07 Å². The summed E-state index contributed by atoms with van der Waals surface area (Å²) < 4.78 is 5.04. The number of carbonyl (C=O) groups is 1. The number of ether oxygens (including phenoxy) is 1. The van der Waals surface area contributed by atoms with Gasteiger partial charge in [-0.1, -0.05) is 78.9 Å². The largest absolute Gasteiger partial charge is 0.468 e. The molecule has 4 rings (SSSR count). The summed E-state index contributed by atoms with van der Waals surface area (Å²) in [5.74, 6) is -0.461. The van der Waals surface area contributed by atoms with Crippen molar-refractivity contribution in [2.45, 2.75) is 15.7 Å². The van der Waals surface area contributed by atoms with Crippen LogP contribution in [0.25, 0.3) is 0 Å². The molecule has 0 bridgehead atoms. The van der Waals surface area contributed by atoms with E-state index in [1.54, 1.807) is 0 Å². The highest BCUT2D eigenvalue weighted by atomic mass is 32.2. The molecule has 0 saturated heterocycles. The first-order valence-corrected chi connectivity index (χ1v) is 10.0. The van der Waals surface area contributed by atoms with E-state index >= 15 is 0 Å². The van der Waals surface area contributed by atoms with Gasteiger partial charge in [0.15, 0.2) is 5.54 Å². The monoisotopic (exact) mass is 398 g/mol. The van der Waals surface area contributed by atoms with E-state index in [9.17, 15) is 10.1 Å². The molecule has 3 aromatic carbocycles. The maximum atomic E-state index is 12.6. The lowest BCUT2D eigenvalue weighted by molar-refractivity contribution is -0.140. The van der Waals surface area contributed by atoms with Gasteiger partial charge in [0.05, 0.1) is 18.9 Å². The highest BCUT2D eigenvalue weighted by molar-refractivity contribution is 8.01. The van der Waals surface area contributed by atoms with Gasteiger partial charge in [-0.3, -0.25) is 9.79 Å². The summed E-state index contributed by atoms with van der Waals surface area (Å²) in [6, 6.07) is 29.3. The van der Waals surface area contributed by atoms with Crippen molar-refractivity contribution in [2.75, 3.05) is 7.11 Å². The third-order valence-electron chi connectivity index (χ3n) is 4.89. The average Bonchev–Trinajstić information content (AvgIpc) is 3.12. The standard InChI is InChI=1S/C24H18N2O2S/c1-28-23(27)22-24(16-25,19-14-8-9-15-20(19)29-22)26-21(17-10-4-2-5-11-17)18-12-6-3-7-13-18/h2-15,22H,1H3/t22-,24+/m0/s1. The molecule has 5 heteroatoms. The van der Waals surface area contributed by atoms with Crippen LogP contribution >= 0.6 is 11.8 Å². The molecular weight excluding hydrogens is 380 g/mol. The Balaban J connectivity index is 1.99. The zero-order valence-electron chi connectivity index (χ0n) is 15.8. The molecule has 1 aliphatic rings. The number of benzene rings is 3. The van der Waals surface area contributed by atoms with Crippen molar-refractivity contribution in [3.8, 4) is 6.07 Å². The van der Waals surface area contributed by atoms with Gasteiger partial charge in [0, 0.05) is 21.6 Å². The van der Waals surface area contributed by atoms with Crippen LogP contribution in [0, 0.1) is 11.3 Å². The number of thioether (sulfide) groups is 1. The van der Waals surface area contributed by atoms with Crippen LogP contribution in [-0.2, 0) is 15.1 Å². The first-order chi connectivity index (χ1) is 14.2. The van der Waals surface area contributed by atoms with Crippen LogP contribution in [0.15, 0.2) is 94.8 Å². The minimum Gasteiger partial charge on any atom is -0.468 e. The maximum absolute atomic E-state index is 12.6. The van der Waals surface area contributed by atoms with Crippen LogP contribution in [0.2, 0.25) is 0 Å². The van der Waals surface area contributed by atoms with Gasteiger partial charge in [0.2, 0.25) is 0 Å². The van der Waals surface area contributed by atoms with Gasteiger partial charge in [-0.25, -0.2) is 0 Å². The van der Waals surface area contributed by atoms with Gasteiger partial charge in [-0.15, -0.1) is 11.8 Å². The molecule has 0 aliphatic carbocycles. The molecule has 142 valence electrons. The molecule has 4 nitrogen and oxygen atoms in total. The summed E-state index contributed by atoms with van der Waals surface area (Å²) in [7, 11) is 1.34. The fourth-order valence-corrected chi connectivity index (χ4v) is 4.85. The van der Waals surface area contributed by atoms with Crippen molar-refractivity contribution >= 4 is 23.4 Å². The number of nitrogens with zero attached hydrogens (tertiary/aromatic N) is 2. The summed E-state index contributed by atoms with van der Waals surface area (Å²) in [6.45, 7) is 0. The van der Waals surface area contributed by atoms with Crippen LogP contribution in [0.1, 0.15) is 16.7 Å². The molecule has 0 N–H and O–H groups in total. The lowest BCUT2D eigenvalue weighted by Gasteiger charge is -2.24. The normalized spacial score (nSPS) is 19.7. The minimum atomic E-state index is -1.38. The van der Waals surface area contributed by atoms with Crippen LogP contribution in [0.5, 0.6) is 0 Å². The predicted molar refractivity (Wildman–Crippen MR) is 114 cm³/mol. The van der Waals surface area contributed by atoms with Crippen LogP contribution in [0.3, 0.4) is 0 Å². The van der Waals surface area contributed by atoms with Gasteiger partial charge in [-0.05, 0) is 6.07 Å². The van der Waals surface area contributed by atoms with E-state index in [0.717, 1.165) is 21.6 Å². The van der Waals surface area contributed by atoms with E-state index in [-0.39, 0.29) is 0 Å². The van der Waals surface area contributed by atoms with E-state index < -0.39 is 16.8 Å². The van der Waals surface area contributed by atoms with Crippen LogP contribution < -0.4 is 0 Å².